The van der Waals surface area contributed by atoms with Gasteiger partial charge in [-0.3, -0.25) is 4.79 Å². The van der Waals surface area contributed by atoms with Gasteiger partial charge in [-0.05, 0) is 30.2 Å². The summed E-state index contributed by atoms with van der Waals surface area (Å²) in [7, 11) is 0. The molecule has 0 spiro atoms. The van der Waals surface area contributed by atoms with E-state index >= 15 is 0 Å². The lowest BCUT2D eigenvalue weighted by atomic mass is 10.1. The summed E-state index contributed by atoms with van der Waals surface area (Å²) in [5, 5.41) is 0. The quantitative estimate of drug-likeness (QED) is 0.523. The SMILES string of the molecule is C#CC(=O)C1CC1Cc1ccccc1.[HH]. The Morgan fingerprint density at radius 3 is 2.86 bits per heavy atom. The summed E-state index contributed by atoms with van der Waals surface area (Å²) >= 11 is 0. The molecule has 14 heavy (non-hydrogen) atoms. The van der Waals surface area contributed by atoms with Crippen LogP contribution in [0.15, 0.2) is 30.3 Å². The number of carbonyl (C=O) groups is 1. The highest BCUT2D eigenvalue weighted by atomic mass is 16.1. The van der Waals surface area contributed by atoms with Gasteiger partial charge < -0.3 is 0 Å². The number of hydrogen-bond donors (Lipinski definition) is 0. The standard InChI is InChI=1S/C13H12O.H2/c1-2-13(14)12-9-11(12)8-10-6-4-3-5-7-10;/h1,3-7,11-12H,8-9H2;1H. The highest BCUT2D eigenvalue weighted by molar-refractivity contribution is 5.98. The second-order valence-electron chi connectivity index (χ2n) is 3.80. The first kappa shape index (κ1) is 9.02. The number of hydrogen-bond acceptors (Lipinski definition) is 1. The molecule has 1 fully saturated rings. The molecule has 0 bridgehead atoms. The van der Waals surface area contributed by atoms with Crippen molar-refractivity contribution in [3.8, 4) is 12.3 Å². The molecule has 1 aromatic rings. The Morgan fingerprint density at radius 2 is 2.21 bits per heavy atom. The van der Waals surface area contributed by atoms with E-state index < -0.39 is 0 Å². The molecule has 1 aliphatic rings. The zero-order valence-electron chi connectivity index (χ0n) is 7.94. The van der Waals surface area contributed by atoms with Gasteiger partial charge in [-0.2, -0.15) is 0 Å². The third-order valence-corrected chi connectivity index (χ3v) is 2.74. The second-order valence-corrected chi connectivity index (χ2v) is 3.80. The third kappa shape index (κ3) is 1.85. The van der Waals surface area contributed by atoms with Gasteiger partial charge in [-0.1, -0.05) is 30.3 Å². The largest absolute Gasteiger partial charge is 0.285 e. The van der Waals surface area contributed by atoms with Crippen LogP contribution in [0.4, 0.5) is 0 Å². The zero-order chi connectivity index (χ0) is 9.97. The normalized spacial score (nSPS) is 23.9. The molecule has 1 heteroatoms. The minimum Gasteiger partial charge on any atom is -0.285 e. The molecule has 0 amide bonds. The fourth-order valence-electron chi connectivity index (χ4n) is 1.82. The van der Waals surface area contributed by atoms with Crippen molar-refractivity contribution in [3.63, 3.8) is 0 Å². The third-order valence-electron chi connectivity index (χ3n) is 2.74. The zero-order valence-corrected chi connectivity index (χ0v) is 7.94. The van der Waals surface area contributed by atoms with Crippen molar-refractivity contribution in [1.82, 2.24) is 0 Å². The number of Topliss-reactive ketones (excluding diaryl/α,β-unsaturated/α-hetero) is 1. The van der Waals surface area contributed by atoms with Crippen molar-refractivity contribution < 1.29 is 6.22 Å². The molecule has 1 aromatic carbocycles. The number of benzene rings is 1. The van der Waals surface area contributed by atoms with Gasteiger partial charge in [0.05, 0.1) is 0 Å². The lowest BCUT2D eigenvalue weighted by Gasteiger charge is -1.97. The Balaban J connectivity index is 0.00000112. The van der Waals surface area contributed by atoms with Gasteiger partial charge in [0.1, 0.15) is 0 Å². The molecule has 2 rings (SSSR count). The summed E-state index contributed by atoms with van der Waals surface area (Å²) in [4.78, 5) is 11.1. The molecule has 0 radical (unpaired) electrons. The van der Waals surface area contributed by atoms with Crippen LogP contribution in [-0.4, -0.2) is 5.78 Å². The topological polar surface area (TPSA) is 17.1 Å². The lowest BCUT2D eigenvalue weighted by molar-refractivity contribution is -0.115. The molecule has 72 valence electrons. The second kappa shape index (κ2) is 3.67. The van der Waals surface area contributed by atoms with Gasteiger partial charge in [0.25, 0.3) is 0 Å². The van der Waals surface area contributed by atoms with E-state index in [2.05, 4.69) is 18.1 Å². The Bertz CT molecular complexity index is 377. The minimum absolute atomic E-state index is 0. The van der Waals surface area contributed by atoms with Crippen molar-refractivity contribution in [2.45, 2.75) is 12.8 Å². The fourth-order valence-corrected chi connectivity index (χ4v) is 1.82. The Hall–Kier alpha value is -1.55. The number of ketones is 1. The summed E-state index contributed by atoms with van der Waals surface area (Å²) in [5.41, 5.74) is 1.30. The van der Waals surface area contributed by atoms with Gasteiger partial charge in [0.2, 0.25) is 5.78 Å². The minimum atomic E-state index is -0.0223. The van der Waals surface area contributed by atoms with Gasteiger partial charge in [0.15, 0.2) is 0 Å². The summed E-state index contributed by atoms with van der Waals surface area (Å²) in [6, 6.07) is 10.2. The van der Waals surface area contributed by atoms with Crippen LogP contribution in [0.3, 0.4) is 0 Å². The van der Waals surface area contributed by atoms with E-state index in [1.165, 1.54) is 5.56 Å². The molecule has 1 aliphatic carbocycles. The molecule has 0 saturated heterocycles. The van der Waals surface area contributed by atoms with Crippen LogP contribution in [0, 0.1) is 24.2 Å². The van der Waals surface area contributed by atoms with Gasteiger partial charge in [-0.15, -0.1) is 6.42 Å². The van der Waals surface area contributed by atoms with E-state index in [0.717, 1.165) is 12.8 Å². The van der Waals surface area contributed by atoms with Crippen molar-refractivity contribution in [2.75, 3.05) is 0 Å². The van der Waals surface area contributed by atoms with Gasteiger partial charge in [0, 0.05) is 7.34 Å². The van der Waals surface area contributed by atoms with Crippen molar-refractivity contribution in [1.29, 1.82) is 0 Å². The van der Waals surface area contributed by atoms with Gasteiger partial charge >= 0.3 is 0 Å². The van der Waals surface area contributed by atoms with Crippen LogP contribution in [0.25, 0.3) is 0 Å². The Labute approximate surface area is 85.6 Å². The van der Waals surface area contributed by atoms with Gasteiger partial charge in [-0.25, -0.2) is 0 Å². The molecule has 0 aliphatic heterocycles. The van der Waals surface area contributed by atoms with E-state index in [1.807, 2.05) is 18.2 Å². The van der Waals surface area contributed by atoms with Crippen LogP contribution in [0.2, 0.25) is 0 Å². The fraction of sp³-hybridized carbons (Fsp3) is 0.308. The number of rotatable bonds is 3. The Morgan fingerprint density at radius 1 is 1.50 bits per heavy atom. The highest BCUT2D eigenvalue weighted by Crippen LogP contribution is 2.41. The summed E-state index contributed by atoms with van der Waals surface area (Å²) in [6.45, 7) is 0. The molecule has 2 atom stereocenters. The number of terminal acetylenes is 1. The molecule has 0 heterocycles. The number of carbonyl (C=O) groups excluding carboxylic acids is 1. The first-order valence-electron chi connectivity index (χ1n) is 4.85. The maximum atomic E-state index is 11.1. The maximum Gasteiger partial charge on any atom is 0.208 e. The Kier molecular flexibility index (Phi) is 2.37. The molecule has 2 unspecified atom stereocenters. The molecular weight excluding hydrogens is 172 g/mol. The summed E-state index contributed by atoms with van der Waals surface area (Å²) in [5.74, 6) is 2.81. The summed E-state index contributed by atoms with van der Waals surface area (Å²) < 4.78 is 0. The van der Waals surface area contributed by atoms with Crippen LogP contribution in [-0.2, 0) is 11.2 Å². The van der Waals surface area contributed by atoms with Crippen molar-refractivity contribution >= 4 is 5.78 Å². The predicted molar refractivity (Wildman–Crippen MR) is 57.7 cm³/mol. The highest BCUT2D eigenvalue weighted by Gasteiger charge is 2.41. The van der Waals surface area contributed by atoms with Crippen LogP contribution in [0.5, 0.6) is 0 Å². The predicted octanol–water partition coefficient (Wildman–Crippen LogP) is 2.31. The average Bonchev–Trinajstić information content (AvgIpc) is 2.98. The van der Waals surface area contributed by atoms with E-state index in [9.17, 15) is 4.79 Å². The average molecular weight is 186 g/mol. The van der Waals surface area contributed by atoms with Crippen LogP contribution < -0.4 is 0 Å². The van der Waals surface area contributed by atoms with Crippen LogP contribution >= 0.6 is 0 Å². The molecular formula is C13H14O. The van der Waals surface area contributed by atoms with Crippen LogP contribution in [0.1, 0.15) is 13.4 Å². The molecule has 1 nitrogen and oxygen atoms in total. The first-order chi connectivity index (χ1) is 6.81. The van der Waals surface area contributed by atoms with Crippen molar-refractivity contribution in [3.05, 3.63) is 35.9 Å². The molecule has 1 saturated carbocycles. The van der Waals surface area contributed by atoms with E-state index in [4.69, 9.17) is 6.42 Å². The summed E-state index contributed by atoms with van der Waals surface area (Å²) in [6.07, 6.45) is 7.02. The maximum absolute atomic E-state index is 11.1. The monoisotopic (exact) mass is 186 g/mol. The molecule has 0 aromatic heterocycles. The molecule has 0 N–H and O–H groups in total. The first-order valence-corrected chi connectivity index (χ1v) is 4.85. The lowest BCUT2D eigenvalue weighted by Crippen LogP contribution is -1.99. The van der Waals surface area contributed by atoms with E-state index in [0.29, 0.717) is 5.92 Å². The van der Waals surface area contributed by atoms with E-state index in [-0.39, 0.29) is 13.1 Å². The van der Waals surface area contributed by atoms with Crippen molar-refractivity contribution in [2.24, 2.45) is 11.8 Å². The smallest absolute Gasteiger partial charge is 0.208 e. The van der Waals surface area contributed by atoms with E-state index in [1.54, 1.807) is 0 Å².